The normalized spacial score (nSPS) is 11.3. The molecule has 27 heavy (non-hydrogen) atoms. The minimum absolute atomic E-state index is 0.0788. The van der Waals surface area contributed by atoms with Gasteiger partial charge in [0.2, 0.25) is 0 Å². The zero-order valence-corrected chi connectivity index (χ0v) is 16.3. The van der Waals surface area contributed by atoms with Crippen molar-refractivity contribution in [1.29, 1.82) is 0 Å². The standard InChI is InChI=1S/C22H27N3O2/c1-4-25(12-7-13-27-20-14-16(2)10-11-17(20)3)15-21-23-19-9-6-5-8-18(19)22(26)24-21/h5-6,8-11,14H,4,7,12-13,15H2,1-3H3,(H,23,24,26). The number of fused-ring (bicyclic) bond motifs is 1. The van der Waals surface area contributed by atoms with Gasteiger partial charge in [-0.15, -0.1) is 0 Å². The molecule has 0 unspecified atom stereocenters. The summed E-state index contributed by atoms with van der Waals surface area (Å²) < 4.78 is 5.94. The second-order valence-electron chi connectivity index (χ2n) is 6.87. The van der Waals surface area contributed by atoms with E-state index in [1.165, 1.54) is 5.56 Å². The van der Waals surface area contributed by atoms with Crippen molar-refractivity contribution in [3.8, 4) is 5.75 Å². The highest BCUT2D eigenvalue weighted by Crippen LogP contribution is 2.19. The number of nitrogens with zero attached hydrogens (tertiary/aromatic N) is 2. The Kier molecular flexibility index (Phi) is 6.24. The van der Waals surface area contributed by atoms with Gasteiger partial charge in [0.1, 0.15) is 11.6 Å². The van der Waals surface area contributed by atoms with Crippen molar-refractivity contribution in [2.45, 2.75) is 33.7 Å². The van der Waals surface area contributed by atoms with E-state index >= 15 is 0 Å². The monoisotopic (exact) mass is 365 g/mol. The molecule has 3 aromatic rings. The Balaban J connectivity index is 1.56. The lowest BCUT2D eigenvalue weighted by atomic mass is 10.1. The maximum atomic E-state index is 12.2. The van der Waals surface area contributed by atoms with Gasteiger partial charge >= 0.3 is 0 Å². The van der Waals surface area contributed by atoms with Crippen LogP contribution in [0.3, 0.4) is 0 Å². The second kappa shape index (κ2) is 8.82. The van der Waals surface area contributed by atoms with E-state index in [0.29, 0.717) is 24.4 Å². The smallest absolute Gasteiger partial charge is 0.258 e. The van der Waals surface area contributed by atoms with E-state index in [-0.39, 0.29) is 5.56 Å². The summed E-state index contributed by atoms with van der Waals surface area (Å²) in [5.74, 6) is 1.66. The van der Waals surface area contributed by atoms with Gasteiger partial charge in [-0.1, -0.05) is 31.2 Å². The van der Waals surface area contributed by atoms with Crippen LogP contribution in [-0.2, 0) is 6.54 Å². The topological polar surface area (TPSA) is 58.2 Å². The first-order valence-electron chi connectivity index (χ1n) is 9.47. The summed E-state index contributed by atoms with van der Waals surface area (Å²) in [7, 11) is 0. The molecule has 0 bridgehead atoms. The van der Waals surface area contributed by atoms with Crippen molar-refractivity contribution in [3.63, 3.8) is 0 Å². The van der Waals surface area contributed by atoms with Crippen LogP contribution in [0.2, 0.25) is 0 Å². The summed E-state index contributed by atoms with van der Waals surface area (Å²) in [5, 5.41) is 0.631. The molecule has 1 heterocycles. The van der Waals surface area contributed by atoms with Gasteiger partial charge in [-0.2, -0.15) is 0 Å². The lowest BCUT2D eigenvalue weighted by Crippen LogP contribution is -2.27. The average molecular weight is 365 g/mol. The van der Waals surface area contributed by atoms with Gasteiger partial charge in [0.25, 0.3) is 5.56 Å². The fraction of sp³-hybridized carbons (Fsp3) is 0.364. The Hall–Kier alpha value is -2.66. The number of rotatable bonds is 8. The van der Waals surface area contributed by atoms with Crippen LogP contribution in [0, 0.1) is 13.8 Å². The number of hydrogen-bond donors (Lipinski definition) is 1. The summed E-state index contributed by atoms with van der Waals surface area (Å²) in [6, 6.07) is 13.7. The van der Waals surface area contributed by atoms with E-state index in [2.05, 4.69) is 53.8 Å². The van der Waals surface area contributed by atoms with Crippen LogP contribution in [0.4, 0.5) is 0 Å². The minimum Gasteiger partial charge on any atom is -0.493 e. The van der Waals surface area contributed by atoms with E-state index in [1.807, 2.05) is 18.2 Å². The number of hydrogen-bond acceptors (Lipinski definition) is 4. The number of nitrogens with one attached hydrogen (secondary N) is 1. The molecule has 0 saturated carbocycles. The molecule has 0 aliphatic heterocycles. The Morgan fingerprint density at radius 1 is 1.15 bits per heavy atom. The van der Waals surface area contributed by atoms with Crippen molar-refractivity contribution in [3.05, 3.63) is 69.8 Å². The maximum absolute atomic E-state index is 12.2. The first-order valence-corrected chi connectivity index (χ1v) is 9.47. The van der Waals surface area contributed by atoms with Crippen LogP contribution in [0.5, 0.6) is 5.75 Å². The molecule has 0 aliphatic rings. The number of para-hydroxylation sites is 1. The van der Waals surface area contributed by atoms with E-state index < -0.39 is 0 Å². The zero-order chi connectivity index (χ0) is 19.2. The van der Waals surface area contributed by atoms with Crippen LogP contribution in [0.25, 0.3) is 10.9 Å². The van der Waals surface area contributed by atoms with Gasteiger partial charge in [0.05, 0.1) is 24.1 Å². The van der Waals surface area contributed by atoms with Crippen LogP contribution in [-0.4, -0.2) is 34.6 Å². The predicted molar refractivity (Wildman–Crippen MR) is 109 cm³/mol. The second-order valence-corrected chi connectivity index (χ2v) is 6.87. The van der Waals surface area contributed by atoms with E-state index in [0.717, 1.165) is 36.3 Å². The molecule has 2 aromatic carbocycles. The molecule has 0 spiro atoms. The Bertz CT molecular complexity index is 965. The van der Waals surface area contributed by atoms with Gasteiger partial charge in [-0.05, 0) is 56.1 Å². The van der Waals surface area contributed by atoms with Crippen LogP contribution < -0.4 is 10.3 Å². The van der Waals surface area contributed by atoms with Gasteiger partial charge in [0.15, 0.2) is 0 Å². The van der Waals surface area contributed by atoms with Crippen LogP contribution in [0.15, 0.2) is 47.3 Å². The maximum Gasteiger partial charge on any atom is 0.258 e. The highest BCUT2D eigenvalue weighted by molar-refractivity contribution is 5.77. The quantitative estimate of drug-likeness (QED) is 0.616. The van der Waals surface area contributed by atoms with E-state index in [9.17, 15) is 4.79 Å². The fourth-order valence-electron chi connectivity index (χ4n) is 3.10. The number of aryl methyl sites for hydroxylation is 2. The van der Waals surface area contributed by atoms with Crippen molar-refractivity contribution < 1.29 is 4.74 Å². The summed E-state index contributed by atoms with van der Waals surface area (Å²) in [4.78, 5) is 22.0. The van der Waals surface area contributed by atoms with Crippen molar-refractivity contribution in [2.24, 2.45) is 0 Å². The molecule has 5 nitrogen and oxygen atoms in total. The Morgan fingerprint density at radius 3 is 2.78 bits per heavy atom. The largest absolute Gasteiger partial charge is 0.493 e. The Morgan fingerprint density at radius 2 is 1.96 bits per heavy atom. The molecular weight excluding hydrogens is 338 g/mol. The summed E-state index contributed by atoms with van der Waals surface area (Å²) in [6.45, 7) is 9.32. The summed E-state index contributed by atoms with van der Waals surface area (Å²) in [5.41, 5.74) is 3.03. The fourth-order valence-corrected chi connectivity index (χ4v) is 3.10. The lowest BCUT2D eigenvalue weighted by molar-refractivity contribution is 0.232. The van der Waals surface area contributed by atoms with Crippen molar-refractivity contribution in [1.82, 2.24) is 14.9 Å². The van der Waals surface area contributed by atoms with Gasteiger partial charge in [0, 0.05) is 6.54 Å². The summed E-state index contributed by atoms with van der Waals surface area (Å²) >= 11 is 0. The molecule has 0 aliphatic carbocycles. The van der Waals surface area contributed by atoms with Gasteiger partial charge in [-0.3, -0.25) is 9.69 Å². The highest BCUT2D eigenvalue weighted by atomic mass is 16.5. The van der Waals surface area contributed by atoms with Crippen molar-refractivity contribution in [2.75, 3.05) is 19.7 Å². The number of aromatic nitrogens is 2. The number of ether oxygens (including phenoxy) is 1. The third-order valence-electron chi connectivity index (χ3n) is 4.70. The van der Waals surface area contributed by atoms with Crippen LogP contribution in [0.1, 0.15) is 30.3 Å². The first kappa shape index (κ1) is 19.1. The lowest BCUT2D eigenvalue weighted by Gasteiger charge is -2.20. The molecule has 1 aromatic heterocycles. The SMILES string of the molecule is CCN(CCCOc1cc(C)ccc1C)Cc1nc2ccccc2c(=O)[nH]1. The minimum atomic E-state index is -0.0788. The Labute approximate surface area is 160 Å². The number of benzene rings is 2. The molecular formula is C22H27N3O2. The molecule has 1 N–H and O–H groups in total. The van der Waals surface area contributed by atoms with Crippen molar-refractivity contribution >= 4 is 10.9 Å². The van der Waals surface area contributed by atoms with Gasteiger partial charge < -0.3 is 9.72 Å². The highest BCUT2D eigenvalue weighted by Gasteiger charge is 2.08. The van der Waals surface area contributed by atoms with E-state index in [4.69, 9.17) is 4.74 Å². The molecule has 0 amide bonds. The molecule has 5 heteroatoms. The predicted octanol–water partition coefficient (Wildman–Crippen LogP) is 3.83. The van der Waals surface area contributed by atoms with Gasteiger partial charge in [-0.25, -0.2) is 4.98 Å². The summed E-state index contributed by atoms with van der Waals surface area (Å²) in [6.07, 6.45) is 0.916. The molecule has 0 saturated heterocycles. The van der Waals surface area contributed by atoms with Crippen LogP contribution >= 0.6 is 0 Å². The molecule has 142 valence electrons. The van der Waals surface area contributed by atoms with E-state index in [1.54, 1.807) is 6.07 Å². The number of aromatic amines is 1. The zero-order valence-electron chi connectivity index (χ0n) is 16.3. The third kappa shape index (κ3) is 4.95. The molecule has 3 rings (SSSR count). The third-order valence-corrected chi connectivity index (χ3v) is 4.70. The molecule has 0 fully saturated rings. The molecule has 0 atom stereocenters. The molecule has 0 radical (unpaired) electrons. The average Bonchev–Trinajstić information content (AvgIpc) is 2.67. The first-order chi connectivity index (χ1) is 13.1. The number of H-pyrrole nitrogens is 1.